The number of benzene rings is 1. The first-order chi connectivity index (χ1) is 9.22. The zero-order valence-corrected chi connectivity index (χ0v) is 10.4. The lowest BCUT2D eigenvalue weighted by Gasteiger charge is -2.08. The van der Waals surface area contributed by atoms with E-state index in [1.54, 1.807) is 30.5 Å². The SMILES string of the molecule is COc1cc(NCc2ccc(C#N)cc2F)ccn1. The van der Waals surface area contributed by atoms with Gasteiger partial charge in [-0.15, -0.1) is 0 Å². The molecule has 5 heteroatoms. The number of nitrogens with zero attached hydrogens (tertiary/aromatic N) is 2. The van der Waals surface area contributed by atoms with Crippen LogP contribution in [-0.4, -0.2) is 12.1 Å². The highest BCUT2D eigenvalue weighted by molar-refractivity contribution is 5.46. The first kappa shape index (κ1) is 12.8. The summed E-state index contributed by atoms with van der Waals surface area (Å²) < 4.78 is 18.7. The number of anilines is 1. The van der Waals surface area contributed by atoms with E-state index in [9.17, 15) is 4.39 Å². The van der Waals surface area contributed by atoms with Crippen LogP contribution in [0.3, 0.4) is 0 Å². The molecule has 0 radical (unpaired) electrons. The summed E-state index contributed by atoms with van der Waals surface area (Å²) in [7, 11) is 1.53. The molecule has 0 saturated carbocycles. The van der Waals surface area contributed by atoms with E-state index in [-0.39, 0.29) is 0 Å². The van der Waals surface area contributed by atoms with Crippen LogP contribution in [0.5, 0.6) is 5.88 Å². The average molecular weight is 257 g/mol. The maximum absolute atomic E-state index is 13.7. The fourth-order valence-corrected chi connectivity index (χ4v) is 1.59. The monoisotopic (exact) mass is 257 g/mol. The molecule has 0 fully saturated rings. The predicted octanol–water partition coefficient (Wildman–Crippen LogP) is 2.71. The number of methoxy groups -OCH3 is 1. The Morgan fingerprint density at radius 1 is 1.37 bits per heavy atom. The molecule has 0 unspecified atom stereocenters. The maximum atomic E-state index is 13.7. The van der Waals surface area contributed by atoms with Gasteiger partial charge in [0.15, 0.2) is 0 Å². The second kappa shape index (κ2) is 5.83. The molecule has 1 heterocycles. The largest absolute Gasteiger partial charge is 0.481 e. The maximum Gasteiger partial charge on any atom is 0.214 e. The van der Waals surface area contributed by atoms with Crippen LogP contribution in [-0.2, 0) is 6.54 Å². The van der Waals surface area contributed by atoms with Crippen molar-refractivity contribution in [2.24, 2.45) is 0 Å². The molecule has 2 rings (SSSR count). The van der Waals surface area contributed by atoms with E-state index in [2.05, 4.69) is 10.3 Å². The van der Waals surface area contributed by atoms with Crippen molar-refractivity contribution >= 4 is 5.69 Å². The van der Waals surface area contributed by atoms with Gasteiger partial charge in [-0.3, -0.25) is 0 Å². The minimum absolute atomic E-state index is 0.312. The molecule has 96 valence electrons. The molecule has 0 bridgehead atoms. The second-order valence-electron chi connectivity index (χ2n) is 3.86. The first-order valence-corrected chi connectivity index (χ1v) is 5.65. The Labute approximate surface area is 110 Å². The number of aromatic nitrogens is 1. The van der Waals surface area contributed by atoms with Crippen LogP contribution in [0.25, 0.3) is 0 Å². The Hall–Kier alpha value is -2.61. The highest BCUT2D eigenvalue weighted by Gasteiger charge is 2.04. The van der Waals surface area contributed by atoms with Crippen molar-refractivity contribution < 1.29 is 9.13 Å². The van der Waals surface area contributed by atoms with E-state index in [1.165, 1.54) is 13.2 Å². The standard InChI is InChI=1S/C14H12FN3O/c1-19-14-7-12(4-5-17-14)18-9-11-3-2-10(8-16)6-13(11)15/h2-7H,9H2,1H3,(H,17,18). The third-order valence-electron chi connectivity index (χ3n) is 2.61. The number of pyridine rings is 1. The van der Waals surface area contributed by atoms with Gasteiger partial charge in [-0.25, -0.2) is 9.37 Å². The molecule has 0 aliphatic carbocycles. The summed E-state index contributed by atoms with van der Waals surface area (Å²) in [4.78, 5) is 3.98. The quantitative estimate of drug-likeness (QED) is 0.914. The zero-order chi connectivity index (χ0) is 13.7. The highest BCUT2D eigenvalue weighted by Crippen LogP contribution is 2.16. The molecule has 19 heavy (non-hydrogen) atoms. The van der Waals surface area contributed by atoms with E-state index in [0.29, 0.717) is 23.6 Å². The van der Waals surface area contributed by atoms with Gasteiger partial charge in [0.1, 0.15) is 5.82 Å². The van der Waals surface area contributed by atoms with Crippen molar-refractivity contribution in [2.45, 2.75) is 6.54 Å². The summed E-state index contributed by atoms with van der Waals surface area (Å²) >= 11 is 0. The number of rotatable bonds is 4. The van der Waals surface area contributed by atoms with Gasteiger partial charge in [0, 0.05) is 30.1 Å². The average Bonchev–Trinajstić information content (AvgIpc) is 2.46. The highest BCUT2D eigenvalue weighted by atomic mass is 19.1. The molecule has 1 N–H and O–H groups in total. The lowest BCUT2D eigenvalue weighted by molar-refractivity contribution is 0.398. The van der Waals surface area contributed by atoms with Crippen molar-refractivity contribution in [1.29, 1.82) is 5.26 Å². The fraction of sp³-hybridized carbons (Fsp3) is 0.143. The molecule has 0 amide bonds. The van der Waals surface area contributed by atoms with Crippen LogP contribution in [0.2, 0.25) is 0 Å². The number of halogens is 1. The van der Waals surface area contributed by atoms with E-state index in [0.717, 1.165) is 5.69 Å². The van der Waals surface area contributed by atoms with Crippen LogP contribution in [0.4, 0.5) is 10.1 Å². The third kappa shape index (κ3) is 3.19. The van der Waals surface area contributed by atoms with Gasteiger partial charge < -0.3 is 10.1 Å². The van der Waals surface area contributed by atoms with Crippen LogP contribution in [0, 0.1) is 17.1 Å². The van der Waals surface area contributed by atoms with Crippen LogP contribution < -0.4 is 10.1 Å². The van der Waals surface area contributed by atoms with Gasteiger partial charge in [0.05, 0.1) is 18.7 Å². The molecule has 1 aromatic carbocycles. The molecule has 0 aliphatic heterocycles. The van der Waals surface area contributed by atoms with E-state index in [4.69, 9.17) is 10.00 Å². The zero-order valence-electron chi connectivity index (χ0n) is 10.4. The molecule has 0 aliphatic rings. The van der Waals surface area contributed by atoms with E-state index in [1.807, 2.05) is 6.07 Å². The Morgan fingerprint density at radius 3 is 2.89 bits per heavy atom. The van der Waals surface area contributed by atoms with E-state index >= 15 is 0 Å². The van der Waals surface area contributed by atoms with Gasteiger partial charge in [-0.2, -0.15) is 5.26 Å². The minimum Gasteiger partial charge on any atom is -0.481 e. The van der Waals surface area contributed by atoms with Gasteiger partial charge in [0.2, 0.25) is 5.88 Å². The summed E-state index contributed by atoms with van der Waals surface area (Å²) in [5.74, 6) is 0.0953. The van der Waals surface area contributed by atoms with Crippen molar-refractivity contribution in [1.82, 2.24) is 4.98 Å². The molecular weight excluding hydrogens is 245 g/mol. The van der Waals surface area contributed by atoms with Crippen LogP contribution in [0.1, 0.15) is 11.1 Å². The second-order valence-corrected chi connectivity index (χ2v) is 3.86. The summed E-state index contributed by atoms with van der Waals surface area (Å²) in [6.45, 7) is 0.324. The number of hydrogen-bond acceptors (Lipinski definition) is 4. The number of hydrogen-bond donors (Lipinski definition) is 1. The topological polar surface area (TPSA) is 57.9 Å². The Balaban J connectivity index is 2.08. The molecular formula is C14H12FN3O. The van der Waals surface area contributed by atoms with Crippen LogP contribution in [0.15, 0.2) is 36.5 Å². The third-order valence-corrected chi connectivity index (χ3v) is 2.61. The van der Waals surface area contributed by atoms with Gasteiger partial charge in [0.25, 0.3) is 0 Å². The first-order valence-electron chi connectivity index (χ1n) is 5.65. The normalized spacial score (nSPS) is 9.74. The molecule has 1 aromatic heterocycles. The summed E-state index contributed by atoms with van der Waals surface area (Å²) in [5.41, 5.74) is 1.59. The number of nitriles is 1. The minimum atomic E-state index is -0.396. The smallest absolute Gasteiger partial charge is 0.214 e. The van der Waals surface area contributed by atoms with Crippen molar-refractivity contribution in [3.63, 3.8) is 0 Å². The Bertz CT molecular complexity index is 622. The summed E-state index contributed by atoms with van der Waals surface area (Å²) in [6, 6.07) is 9.80. The number of nitrogens with one attached hydrogen (secondary N) is 1. The lowest BCUT2D eigenvalue weighted by Crippen LogP contribution is -2.02. The van der Waals surface area contributed by atoms with Crippen molar-refractivity contribution in [2.75, 3.05) is 12.4 Å². The molecule has 0 atom stereocenters. The van der Waals surface area contributed by atoms with Crippen LogP contribution >= 0.6 is 0 Å². The van der Waals surface area contributed by atoms with Gasteiger partial charge in [-0.05, 0) is 18.2 Å². The summed E-state index contributed by atoms with van der Waals surface area (Å²) in [6.07, 6.45) is 1.61. The van der Waals surface area contributed by atoms with Gasteiger partial charge >= 0.3 is 0 Å². The Kier molecular flexibility index (Phi) is 3.94. The number of ether oxygens (including phenoxy) is 1. The molecule has 0 spiro atoms. The summed E-state index contributed by atoms with van der Waals surface area (Å²) in [5, 5.41) is 11.7. The molecule has 4 nitrogen and oxygen atoms in total. The lowest BCUT2D eigenvalue weighted by atomic mass is 10.1. The van der Waals surface area contributed by atoms with Gasteiger partial charge in [-0.1, -0.05) is 6.07 Å². The Morgan fingerprint density at radius 2 is 2.21 bits per heavy atom. The van der Waals surface area contributed by atoms with Crippen molar-refractivity contribution in [3.8, 4) is 11.9 Å². The molecule has 0 saturated heterocycles. The molecule has 2 aromatic rings. The fourth-order valence-electron chi connectivity index (χ4n) is 1.59. The van der Waals surface area contributed by atoms with E-state index < -0.39 is 5.82 Å². The van der Waals surface area contributed by atoms with Crippen molar-refractivity contribution in [3.05, 3.63) is 53.5 Å². The predicted molar refractivity (Wildman–Crippen MR) is 69.2 cm³/mol.